The zero-order valence-electron chi connectivity index (χ0n) is 19.7. The number of imidazole rings is 1. The van der Waals surface area contributed by atoms with Crippen molar-refractivity contribution in [1.29, 1.82) is 0 Å². The maximum Gasteiger partial charge on any atom is 0.329 e. The van der Waals surface area contributed by atoms with E-state index in [0.29, 0.717) is 43.1 Å². The van der Waals surface area contributed by atoms with Gasteiger partial charge >= 0.3 is 5.69 Å². The third-order valence-corrected chi connectivity index (χ3v) is 7.09. The highest BCUT2D eigenvalue weighted by atomic mass is 19.2. The summed E-state index contributed by atoms with van der Waals surface area (Å²) in [6.45, 7) is 2.44. The predicted molar refractivity (Wildman–Crippen MR) is 130 cm³/mol. The first-order valence-corrected chi connectivity index (χ1v) is 12.4. The van der Waals surface area contributed by atoms with Crippen molar-refractivity contribution in [3.63, 3.8) is 0 Å². The molecule has 184 valence electrons. The Hall–Kier alpha value is -3.26. The van der Waals surface area contributed by atoms with Gasteiger partial charge in [-0.2, -0.15) is 0 Å². The predicted octanol–water partition coefficient (Wildman–Crippen LogP) is 4.19. The number of amides is 1. The summed E-state index contributed by atoms with van der Waals surface area (Å²) >= 11 is 0. The molecule has 35 heavy (non-hydrogen) atoms. The Balaban J connectivity index is 1.72. The van der Waals surface area contributed by atoms with Crippen molar-refractivity contribution < 1.29 is 13.6 Å². The number of rotatable bonds is 5. The number of nitrogens with one attached hydrogen (secondary N) is 1. The molecule has 0 bridgehead atoms. The smallest absolute Gasteiger partial charge is 0.329 e. The number of hydrogen-bond donors (Lipinski definition) is 1. The molecule has 1 saturated carbocycles. The molecule has 5 rings (SSSR count). The van der Waals surface area contributed by atoms with Crippen LogP contribution in [0, 0.1) is 11.6 Å². The molecule has 1 aromatic heterocycles. The van der Waals surface area contributed by atoms with E-state index in [1.54, 1.807) is 9.47 Å². The number of piperazine rings is 1. The fourth-order valence-corrected chi connectivity index (χ4v) is 5.31. The van der Waals surface area contributed by atoms with Gasteiger partial charge in [-0.15, -0.1) is 0 Å². The summed E-state index contributed by atoms with van der Waals surface area (Å²) in [5.74, 6) is -2.12. The van der Waals surface area contributed by atoms with Gasteiger partial charge in [0.15, 0.2) is 11.6 Å². The van der Waals surface area contributed by atoms with Gasteiger partial charge in [0.05, 0.1) is 12.2 Å². The van der Waals surface area contributed by atoms with Gasteiger partial charge < -0.3 is 10.2 Å². The Morgan fingerprint density at radius 3 is 2.34 bits per heavy atom. The molecule has 2 aliphatic rings. The van der Waals surface area contributed by atoms with Gasteiger partial charge in [0, 0.05) is 37.8 Å². The lowest BCUT2D eigenvalue weighted by Crippen LogP contribution is -2.47. The molecule has 1 aliphatic carbocycles. The topological polar surface area (TPSA) is 59.3 Å². The third-order valence-electron chi connectivity index (χ3n) is 7.09. The highest BCUT2D eigenvalue weighted by molar-refractivity contribution is 5.99. The van der Waals surface area contributed by atoms with Gasteiger partial charge in [0.25, 0.3) is 5.91 Å². The van der Waals surface area contributed by atoms with Gasteiger partial charge in [-0.1, -0.05) is 55.7 Å². The summed E-state index contributed by atoms with van der Waals surface area (Å²) in [5.41, 5.74) is 1.89. The molecule has 2 aromatic carbocycles. The lowest BCUT2D eigenvalue weighted by atomic mass is 9.94. The average Bonchev–Trinajstić information content (AvgIpc) is 3.19. The van der Waals surface area contributed by atoms with Crippen molar-refractivity contribution in [2.24, 2.45) is 0 Å². The standard InChI is InChI=1S/C27H30F2N4O2/c28-22-12-11-19(17-23(22)29)18-32-25(26(34)31-15-13-30-14-16-31)24(20-7-3-1-4-8-20)33(27(32)35)21-9-5-2-6-10-21/h1,3-4,7-8,11-12,17,21,30H,2,5-6,9-10,13-16,18H2. The van der Waals surface area contributed by atoms with Gasteiger partial charge in [-0.25, -0.2) is 13.6 Å². The Bertz CT molecular complexity index is 1260. The van der Waals surface area contributed by atoms with Crippen molar-refractivity contribution in [1.82, 2.24) is 19.4 Å². The van der Waals surface area contributed by atoms with Gasteiger partial charge in [0.2, 0.25) is 0 Å². The zero-order chi connectivity index (χ0) is 24.4. The Kier molecular flexibility index (Phi) is 6.81. The minimum absolute atomic E-state index is 0.00719. The zero-order valence-corrected chi connectivity index (χ0v) is 19.7. The van der Waals surface area contributed by atoms with Crippen LogP contribution < -0.4 is 11.0 Å². The van der Waals surface area contributed by atoms with Crippen molar-refractivity contribution in [2.75, 3.05) is 26.2 Å². The molecule has 0 atom stereocenters. The second kappa shape index (κ2) is 10.2. The summed E-state index contributed by atoms with van der Waals surface area (Å²) < 4.78 is 30.9. The van der Waals surface area contributed by atoms with Crippen LogP contribution in [0.3, 0.4) is 0 Å². The molecule has 3 aromatic rings. The molecule has 6 nitrogen and oxygen atoms in total. The fraction of sp³-hybridized carbons (Fsp3) is 0.407. The van der Waals surface area contributed by atoms with Gasteiger partial charge in [0.1, 0.15) is 5.69 Å². The third kappa shape index (κ3) is 4.67. The number of nitrogens with zero attached hydrogens (tertiary/aromatic N) is 3. The van der Waals surface area contributed by atoms with E-state index in [4.69, 9.17) is 0 Å². The molecule has 1 amide bonds. The monoisotopic (exact) mass is 480 g/mol. The van der Waals surface area contributed by atoms with E-state index in [2.05, 4.69) is 5.32 Å². The number of benzene rings is 2. The van der Waals surface area contributed by atoms with Crippen molar-refractivity contribution in [2.45, 2.75) is 44.7 Å². The lowest BCUT2D eigenvalue weighted by Gasteiger charge is -2.28. The van der Waals surface area contributed by atoms with E-state index in [0.717, 1.165) is 49.8 Å². The molecular weight excluding hydrogens is 450 g/mol. The van der Waals surface area contributed by atoms with Crippen LogP contribution in [0.25, 0.3) is 11.3 Å². The molecule has 0 unspecified atom stereocenters. The lowest BCUT2D eigenvalue weighted by molar-refractivity contribution is 0.0725. The van der Waals surface area contributed by atoms with Crippen LogP contribution in [-0.2, 0) is 6.54 Å². The molecule has 0 radical (unpaired) electrons. The van der Waals surface area contributed by atoms with Crippen molar-refractivity contribution in [3.8, 4) is 11.3 Å². The van der Waals surface area contributed by atoms with Crippen molar-refractivity contribution >= 4 is 5.91 Å². The Morgan fingerprint density at radius 2 is 1.66 bits per heavy atom. The Labute approximate surface area is 203 Å². The number of hydrogen-bond acceptors (Lipinski definition) is 3. The van der Waals surface area contributed by atoms with E-state index in [1.807, 2.05) is 30.3 Å². The minimum Gasteiger partial charge on any atom is -0.335 e. The summed E-state index contributed by atoms with van der Waals surface area (Å²) in [6, 6.07) is 13.2. The maximum absolute atomic E-state index is 14.0. The van der Waals surface area contributed by atoms with E-state index < -0.39 is 11.6 Å². The summed E-state index contributed by atoms with van der Waals surface area (Å²) in [4.78, 5) is 29.7. The summed E-state index contributed by atoms with van der Waals surface area (Å²) in [5, 5.41) is 3.26. The average molecular weight is 481 g/mol. The van der Waals surface area contributed by atoms with Crippen LogP contribution in [0.15, 0.2) is 53.3 Å². The molecule has 1 N–H and O–H groups in total. The van der Waals surface area contributed by atoms with Crippen LogP contribution in [0.4, 0.5) is 8.78 Å². The molecule has 2 heterocycles. The molecule has 8 heteroatoms. The van der Waals surface area contributed by atoms with Crippen LogP contribution in [0.1, 0.15) is 54.2 Å². The maximum atomic E-state index is 14.0. The molecule has 1 saturated heterocycles. The second-order valence-corrected chi connectivity index (χ2v) is 9.38. The van der Waals surface area contributed by atoms with Crippen LogP contribution >= 0.6 is 0 Å². The van der Waals surface area contributed by atoms with Crippen LogP contribution in [0.5, 0.6) is 0 Å². The van der Waals surface area contributed by atoms with Crippen LogP contribution in [0.2, 0.25) is 0 Å². The van der Waals surface area contributed by atoms with Gasteiger partial charge in [-0.05, 0) is 30.5 Å². The quantitative estimate of drug-likeness (QED) is 0.596. The first-order chi connectivity index (χ1) is 17.0. The second-order valence-electron chi connectivity index (χ2n) is 9.38. The molecule has 1 aliphatic heterocycles. The van der Waals surface area contributed by atoms with Crippen molar-refractivity contribution in [3.05, 3.63) is 81.9 Å². The molecular formula is C27H30F2N4O2. The first-order valence-electron chi connectivity index (χ1n) is 12.4. The number of carbonyl (C=O) groups excluding carboxylic acids is 1. The first kappa shape index (κ1) is 23.5. The van der Waals surface area contributed by atoms with E-state index in [9.17, 15) is 18.4 Å². The Morgan fingerprint density at radius 1 is 0.943 bits per heavy atom. The minimum atomic E-state index is -0.972. The SMILES string of the molecule is O=C(c1c(-c2ccccc2)n(C2CCCCC2)c(=O)n1Cc1ccc(F)c(F)c1)N1CCNCC1. The molecule has 0 spiro atoms. The van der Waals surface area contributed by atoms with E-state index in [1.165, 1.54) is 10.6 Å². The van der Waals surface area contributed by atoms with Crippen LogP contribution in [-0.4, -0.2) is 46.1 Å². The van der Waals surface area contributed by atoms with E-state index in [-0.39, 0.29) is 24.2 Å². The van der Waals surface area contributed by atoms with E-state index >= 15 is 0 Å². The molecule has 2 fully saturated rings. The van der Waals surface area contributed by atoms with Gasteiger partial charge in [-0.3, -0.25) is 13.9 Å². The highest BCUT2D eigenvalue weighted by Crippen LogP contribution is 2.34. The largest absolute Gasteiger partial charge is 0.335 e. The number of aromatic nitrogens is 2. The number of carbonyl (C=O) groups is 1. The summed E-state index contributed by atoms with van der Waals surface area (Å²) in [6.07, 6.45) is 4.93. The fourth-order valence-electron chi connectivity index (χ4n) is 5.31. The number of halogens is 2. The highest BCUT2D eigenvalue weighted by Gasteiger charge is 2.33. The summed E-state index contributed by atoms with van der Waals surface area (Å²) in [7, 11) is 0. The normalized spacial score (nSPS) is 17.0.